The SMILES string of the molecule is CC[NH+]1CCN(c2ccc(NC(=O)C[NH+](Cc3ccc(OC)cc3)C3CC3)cc2)CC1. The van der Waals surface area contributed by atoms with Crippen molar-refractivity contribution in [3.8, 4) is 5.75 Å². The van der Waals surface area contributed by atoms with Gasteiger partial charge in [0.05, 0.1) is 45.9 Å². The zero-order chi connectivity index (χ0) is 21.6. The Morgan fingerprint density at radius 3 is 2.35 bits per heavy atom. The molecule has 1 amide bonds. The predicted molar refractivity (Wildman–Crippen MR) is 124 cm³/mol. The number of benzene rings is 2. The number of piperazine rings is 1. The van der Waals surface area contributed by atoms with Crippen LogP contribution in [0.2, 0.25) is 0 Å². The molecule has 31 heavy (non-hydrogen) atoms. The van der Waals surface area contributed by atoms with E-state index in [-0.39, 0.29) is 5.91 Å². The number of likely N-dealkylation sites (N-methyl/N-ethyl adjacent to an activating group) is 1. The summed E-state index contributed by atoms with van der Waals surface area (Å²) in [6.45, 7) is 9.42. The largest absolute Gasteiger partial charge is 0.497 e. The van der Waals surface area contributed by atoms with Gasteiger partial charge in [-0.25, -0.2) is 0 Å². The van der Waals surface area contributed by atoms with Crippen molar-refractivity contribution in [2.24, 2.45) is 0 Å². The number of nitrogens with zero attached hydrogens (tertiary/aromatic N) is 1. The van der Waals surface area contributed by atoms with Gasteiger partial charge in [-0.3, -0.25) is 4.79 Å². The van der Waals surface area contributed by atoms with E-state index in [4.69, 9.17) is 4.74 Å². The normalized spacial score (nSPS) is 17.9. The Morgan fingerprint density at radius 1 is 1.10 bits per heavy atom. The Kier molecular flexibility index (Phi) is 7.10. The maximum Gasteiger partial charge on any atom is 0.279 e. The van der Waals surface area contributed by atoms with Gasteiger partial charge in [0.15, 0.2) is 6.54 Å². The first-order chi connectivity index (χ1) is 15.1. The highest BCUT2D eigenvalue weighted by molar-refractivity contribution is 5.91. The molecule has 4 rings (SSSR count). The van der Waals surface area contributed by atoms with Gasteiger partial charge in [0.25, 0.3) is 5.91 Å². The number of hydrogen-bond acceptors (Lipinski definition) is 3. The number of rotatable bonds is 9. The summed E-state index contributed by atoms with van der Waals surface area (Å²) in [6, 6.07) is 17.1. The van der Waals surface area contributed by atoms with Gasteiger partial charge in [-0.05, 0) is 55.5 Å². The zero-order valence-electron chi connectivity index (χ0n) is 18.8. The third kappa shape index (κ3) is 5.99. The smallest absolute Gasteiger partial charge is 0.279 e. The third-order valence-electron chi connectivity index (χ3n) is 6.62. The highest BCUT2D eigenvalue weighted by atomic mass is 16.5. The first-order valence-corrected chi connectivity index (χ1v) is 11.6. The lowest BCUT2D eigenvalue weighted by atomic mass is 10.2. The number of ether oxygens (including phenoxy) is 1. The first kappa shape index (κ1) is 21.7. The molecule has 2 aromatic carbocycles. The third-order valence-corrected chi connectivity index (χ3v) is 6.62. The average Bonchev–Trinajstić information content (AvgIpc) is 3.65. The van der Waals surface area contributed by atoms with E-state index in [0.717, 1.165) is 31.1 Å². The number of nitrogens with one attached hydrogen (secondary N) is 3. The molecule has 2 aromatic rings. The van der Waals surface area contributed by atoms with E-state index < -0.39 is 0 Å². The van der Waals surface area contributed by atoms with E-state index in [1.807, 2.05) is 24.3 Å². The second-order valence-corrected chi connectivity index (χ2v) is 8.82. The lowest BCUT2D eigenvalue weighted by molar-refractivity contribution is -0.916. The van der Waals surface area contributed by atoms with Crippen LogP contribution >= 0.6 is 0 Å². The van der Waals surface area contributed by atoms with Gasteiger partial charge >= 0.3 is 0 Å². The number of carbonyl (C=O) groups excluding carboxylic acids is 1. The molecular formula is C25H36N4O2+2. The molecular weight excluding hydrogens is 388 g/mol. The first-order valence-electron chi connectivity index (χ1n) is 11.6. The standard InChI is InChI=1S/C25H34N4O2/c1-3-27-14-16-28(17-15-27)22-8-6-21(7-9-22)26-25(30)19-29(23-10-11-23)18-20-4-12-24(31-2)13-5-20/h4-9,12-13,23H,3,10-11,14-19H2,1-2H3,(H,26,30)/p+2. The van der Waals surface area contributed by atoms with Crippen LogP contribution in [0.25, 0.3) is 0 Å². The average molecular weight is 425 g/mol. The molecule has 1 saturated carbocycles. The topological polar surface area (TPSA) is 50.5 Å². The predicted octanol–water partition coefficient (Wildman–Crippen LogP) is 0.606. The van der Waals surface area contributed by atoms with Crippen LogP contribution in [0.3, 0.4) is 0 Å². The number of carbonyl (C=O) groups is 1. The number of anilines is 2. The second-order valence-electron chi connectivity index (χ2n) is 8.82. The quantitative estimate of drug-likeness (QED) is 0.553. The molecule has 0 spiro atoms. The van der Waals surface area contributed by atoms with Crippen LogP contribution in [0.5, 0.6) is 5.75 Å². The Hall–Kier alpha value is -2.57. The van der Waals surface area contributed by atoms with Gasteiger partial charge in [-0.2, -0.15) is 0 Å². The molecule has 0 bridgehead atoms. The number of amides is 1. The van der Waals surface area contributed by atoms with Crippen LogP contribution < -0.4 is 24.8 Å². The van der Waals surface area contributed by atoms with Gasteiger partial charge in [-0.15, -0.1) is 0 Å². The van der Waals surface area contributed by atoms with Crippen molar-refractivity contribution in [3.05, 3.63) is 54.1 Å². The molecule has 2 aliphatic rings. The molecule has 1 aliphatic carbocycles. The highest BCUT2D eigenvalue weighted by Gasteiger charge is 2.34. The molecule has 166 valence electrons. The lowest BCUT2D eigenvalue weighted by Gasteiger charge is -2.33. The Bertz CT molecular complexity index is 841. The van der Waals surface area contributed by atoms with Crippen LogP contribution in [-0.2, 0) is 11.3 Å². The van der Waals surface area contributed by atoms with Gasteiger partial charge in [0, 0.05) is 29.8 Å². The maximum absolute atomic E-state index is 12.7. The fourth-order valence-electron chi connectivity index (χ4n) is 4.45. The molecule has 1 atom stereocenters. The van der Waals surface area contributed by atoms with E-state index >= 15 is 0 Å². The van der Waals surface area contributed by atoms with Crippen molar-refractivity contribution in [2.45, 2.75) is 32.4 Å². The molecule has 3 N–H and O–H groups in total. The van der Waals surface area contributed by atoms with Gasteiger partial charge in [0.1, 0.15) is 12.3 Å². The molecule has 0 radical (unpaired) electrons. The van der Waals surface area contributed by atoms with Crippen molar-refractivity contribution in [1.29, 1.82) is 0 Å². The van der Waals surface area contributed by atoms with Crippen molar-refractivity contribution < 1.29 is 19.3 Å². The fourth-order valence-corrected chi connectivity index (χ4v) is 4.45. The van der Waals surface area contributed by atoms with E-state index in [0.29, 0.717) is 12.6 Å². The maximum atomic E-state index is 12.7. The van der Waals surface area contributed by atoms with Crippen molar-refractivity contribution in [1.82, 2.24) is 0 Å². The molecule has 1 aliphatic heterocycles. The van der Waals surface area contributed by atoms with E-state index in [1.54, 1.807) is 12.0 Å². The Balaban J connectivity index is 1.29. The van der Waals surface area contributed by atoms with Crippen LogP contribution in [0, 0.1) is 0 Å². The van der Waals surface area contributed by atoms with E-state index in [2.05, 4.69) is 41.4 Å². The Morgan fingerprint density at radius 2 is 1.77 bits per heavy atom. The van der Waals surface area contributed by atoms with Crippen LogP contribution in [-0.4, -0.2) is 58.3 Å². The van der Waals surface area contributed by atoms with E-state index in [9.17, 15) is 4.79 Å². The van der Waals surface area contributed by atoms with Crippen LogP contribution in [0.15, 0.2) is 48.5 Å². The van der Waals surface area contributed by atoms with Crippen LogP contribution in [0.1, 0.15) is 25.3 Å². The van der Waals surface area contributed by atoms with Crippen LogP contribution in [0.4, 0.5) is 11.4 Å². The monoisotopic (exact) mass is 424 g/mol. The minimum Gasteiger partial charge on any atom is -0.497 e. The molecule has 0 aromatic heterocycles. The van der Waals surface area contributed by atoms with Crippen molar-refractivity contribution >= 4 is 17.3 Å². The van der Waals surface area contributed by atoms with Crippen molar-refractivity contribution in [2.75, 3.05) is 56.6 Å². The summed E-state index contributed by atoms with van der Waals surface area (Å²) in [4.78, 5) is 18.2. The molecule has 1 saturated heterocycles. The van der Waals surface area contributed by atoms with E-state index in [1.165, 1.54) is 48.6 Å². The highest BCUT2D eigenvalue weighted by Crippen LogP contribution is 2.19. The summed E-state index contributed by atoms with van der Waals surface area (Å²) in [6.07, 6.45) is 2.42. The summed E-state index contributed by atoms with van der Waals surface area (Å²) >= 11 is 0. The fraction of sp³-hybridized carbons (Fsp3) is 0.480. The molecule has 1 unspecified atom stereocenters. The zero-order valence-corrected chi connectivity index (χ0v) is 18.8. The summed E-state index contributed by atoms with van der Waals surface area (Å²) in [7, 11) is 1.68. The summed E-state index contributed by atoms with van der Waals surface area (Å²) < 4.78 is 5.25. The van der Waals surface area contributed by atoms with Crippen molar-refractivity contribution in [3.63, 3.8) is 0 Å². The minimum absolute atomic E-state index is 0.0864. The summed E-state index contributed by atoms with van der Waals surface area (Å²) in [5, 5.41) is 3.10. The number of methoxy groups -OCH3 is 1. The molecule has 1 heterocycles. The molecule has 6 nitrogen and oxygen atoms in total. The second kappa shape index (κ2) is 10.2. The molecule has 6 heteroatoms. The number of hydrogen-bond donors (Lipinski definition) is 3. The molecule has 2 fully saturated rings. The summed E-state index contributed by atoms with van der Waals surface area (Å²) in [5.41, 5.74) is 3.37. The number of quaternary nitrogens is 2. The van der Waals surface area contributed by atoms with Gasteiger partial charge in [0.2, 0.25) is 0 Å². The summed E-state index contributed by atoms with van der Waals surface area (Å²) in [5.74, 6) is 0.953. The van der Waals surface area contributed by atoms with Gasteiger partial charge < -0.3 is 24.8 Å². The lowest BCUT2D eigenvalue weighted by Crippen LogP contribution is -3.14. The minimum atomic E-state index is 0.0864. The Labute approximate surface area is 185 Å². The van der Waals surface area contributed by atoms with Gasteiger partial charge in [-0.1, -0.05) is 0 Å².